The van der Waals surface area contributed by atoms with E-state index in [1.165, 1.54) is 0 Å². The van der Waals surface area contributed by atoms with Crippen LogP contribution in [0.1, 0.15) is 0 Å². The van der Waals surface area contributed by atoms with Crippen LogP contribution in [0, 0.1) is 5.41 Å². The molecule has 0 saturated carbocycles. The molecule has 64 valence electrons. The normalized spacial score (nSPS) is 19.7. The zero-order chi connectivity index (χ0) is 8.39. The van der Waals surface area contributed by atoms with E-state index in [1.54, 1.807) is 0 Å². The topological polar surface area (TPSA) is 54.4 Å². The van der Waals surface area contributed by atoms with Gasteiger partial charge in [0.2, 0.25) is 5.96 Å². The summed E-state index contributed by atoms with van der Waals surface area (Å²) in [6.07, 6.45) is 7.38. The van der Waals surface area contributed by atoms with E-state index in [0.29, 0.717) is 19.3 Å². The quantitative estimate of drug-likeness (QED) is 0.337. The van der Waals surface area contributed by atoms with Crippen LogP contribution in [0.25, 0.3) is 0 Å². The fourth-order valence-electron chi connectivity index (χ4n) is 1.15. The van der Waals surface area contributed by atoms with Crippen LogP contribution in [0.3, 0.4) is 0 Å². The van der Waals surface area contributed by atoms with Gasteiger partial charge in [-0.25, -0.2) is 0 Å². The zero-order valence-corrected chi connectivity index (χ0v) is 6.62. The standard InChI is InChI=1S/C7H11N5/c8-7(11-3-1-9-5-11)12-4-2-10-6-12/h1-4,8-10H,5-6H2. The molecule has 2 heterocycles. The maximum Gasteiger partial charge on any atom is 0.205 e. The largest absolute Gasteiger partial charge is 0.372 e. The first kappa shape index (κ1) is 7.02. The lowest BCUT2D eigenvalue weighted by atomic mass is 10.6. The van der Waals surface area contributed by atoms with E-state index in [2.05, 4.69) is 10.6 Å². The maximum atomic E-state index is 7.75. The Balaban J connectivity index is 1.99. The monoisotopic (exact) mass is 165 g/mol. The van der Waals surface area contributed by atoms with Gasteiger partial charge in [-0.3, -0.25) is 15.2 Å². The lowest BCUT2D eigenvalue weighted by molar-refractivity contribution is 0.450. The van der Waals surface area contributed by atoms with Crippen LogP contribution in [0.15, 0.2) is 24.8 Å². The predicted octanol–water partition coefficient (Wildman–Crippen LogP) is -0.411. The van der Waals surface area contributed by atoms with E-state index in [0.717, 1.165) is 0 Å². The molecule has 0 spiro atoms. The van der Waals surface area contributed by atoms with Gasteiger partial charge in [0, 0.05) is 24.8 Å². The third-order valence-electron chi connectivity index (χ3n) is 1.81. The Morgan fingerprint density at radius 2 is 1.58 bits per heavy atom. The summed E-state index contributed by atoms with van der Waals surface area (Å²) in [6, 6.07) is 0. The molecule has 0 amide bonds. The minimum Gasteiger partial charge on any atom is -0.372 e. The Morgan fingerprint density at radius 1 is 1.08 bits per heavy atom. The maximum absolute atomic E-state index is 7.75. The molecule has 0 fully saturated rings. The molecule has 0 aromatic rings. The van der Waals surface area contributed by atoms with E-state index >= 15 is 0 Å². The fraction of sp³-hybridized carbons (Fsp3) is 0.286. The molecule has 2 rings (SSSR count). The number of guanidine groups is 1. The second-order valence-electron chi connectivity index (χ2n) is 2.62. The van der Waals surface area contributed by atoms with Gasteiger partial charge in [0.1, 0.15) is 0 Å². The van der Waals surface area contributed by atoms with Gasteiger partial charge in [-0.2, -0.15) is 0 Å². The average Bonchev–Trinajstić information content (AvgIpc) is 2.77. The minimum atomic E-state index is 0.484. The minimum absolute atomic E-state index is 0.484. The molecule has 0 bridgehead atoms. The van der Waals surface area contributed by atoms with E-state index in [9.17, 15) is 0 Å². The molecular formula is C7H11N5. The summed E-state index contributed by atoms with van der Waals surface area (Å²) >= 11 is 0. The summed E-state index contributed by atoms with van der Waals surface area (Å²) in [5.74, 6) is 0.484. The molecule has 3 N–H and O–H groups in total. The lowest BCUT2D eigenvalue weighted by Gasteiger charge is -2.22. The van der Waals surface area contributed by atoms with Crippen LogP contribution in [-0.4, -0.2) is 29.1 Å². The van der Waals surface area contributed by atoms with Crippen LogP contribution in [0.4, 0.5) is 0 Å². The molecular weight excluding hydrogens is 154 g/mol. The van der Waals surface area contributed by atoms with Gasteiger partial charge in [0.25, 0.3) is 0 Å². The van der Waals surface area contributed by atoms with Crippen molar-refractivity contribution in [2.75, 3.05) is 13.3 Å². The highest BCUT2D eigenvalue weighted by molar-refractivity contribution is 5.79. The van der Waals surface area contributed by atoms with Crippen molar-refractivity contribution in [3.8, 4) is 0 Å². The lowest BCUT2D eigenvalue weighted by Crippen LogP contribution is -2.39. The van der Waals surface area contributed by atoms with Gasteiger partial charge in [-0.05, 0) is 0 Å². The smallest absolute Gasteiger partial charge is 0.205 e. The van der Waals surface area contributed by atoms with Crippen molar-refractivity contribution in [2.24, 2.45) is 0 Å². The summed E-state index contributed by atoms with van der Waals surface area (Å²) in [5, 5.41) is 13.8. The average molecular weight is 165 g/mol. The molecule has 0 saturated heterocycles. The van der Waals surface area contributed by atoms with Crippen LogP contribution in [0.5, 0.6) is 0 Å². The Labute approximate surface area is 70.8 Å². The van der Waals surface area contributed by atoms with Crippen molar-refractivity contribution in [3.05, 3.63) is 24.8 Å². The SMILES string of the molecule is N=C(N1C=CNC1)N1C=CNC1. The number of nitrogens with zero attached hydrogens (tertiary/aromatic N) is 2. The molecule has 0 aromatic carbocycles. The fourth-order valence-corrected chi connectivity index (χ4v) is 1.15. The van der Waals surface area contributed by atoms with Gasteiger partial charge >= 0.3 is 0 Å². The third kappa shape index (κ3) is 1.09. The van der Waals surface area contributed by atoms with Crippen molar-refractivity contribution < 1.29 is 0 Å². The van der Waals surface area contributed by atoms with Crippen molar-refractivity contribution >= 4 is 5.96 Å². The van der Waals surface area contributed by atoms with Gasteiger partial charge in [-0.15, -0.1) is 0 Å². The van der Waals surface area contributed by atoms with E-state index in [-0.39, 0.29) is 0 Å². The number of nitrogens with one attached hydrogen (secondary N) is 3. The van der Waals surface area contributed by atoms with E-state index in [1.807, 2.05) is 34.6 Å². The molecule has 0 aromatic heterocycles. The zero-order valence-electron chi connectivity index (χ0n) is 6.62. The molecule has 0 radical (unpaired) electrons. The summed E-state index contributed by atoms with van der Waals surface area (Å²) in [4.78, 5) is 3.66. The molecule has 2 aliphatic rings. The summed E-state index contributed by atoms with van der Waals surface area (Å²) in [6.45, 7) is 1.37. The molecule has 5 heteroatoms. The first-order valence-corrected chi connectivity index (χ1v) is 3.80. The molecule has 0 atom stereocenters. The van der Waals surface area contributed by atoms with Crippen molar-refractivity contribution in [1.29, 1.82) is 5.41 Å². The Kier molecular flexibility index (Phi) is 1.62. The highest BCUT2D eigenvalue weighted by atomic mass is 15.4. The Morgan fingerprint density at radius 3 is 1.92 bits per heavy atom. The highest BCUT2D eigenvalue weighted by Gasteiger charge is 2.16. The highest BCUT2D eigenvalue weighted by Crippen LogP contribution is 2.03. The summed E-state index contributed by atoms with van der Waals surface area (Å²) < 4.78 is 0. The second-order valence-corrected chi connectivity index (χ2v) is 2.62. The van der Waals surface area contributed by atoms with Crippen molar-refractivity contribution in [3.63, 3.8) is 0 Å². The Bertz CT molecular complexity index is 220. The molecule has 0 unspecified atom stereocenters. The first-order chi connectivity index (χ1) is 5.88. The molecule has 5 nitrogen and oxygen atoms in total. The van der Waals surface area contributed by atoms with Crippen LogP contribution < -0.4 is 10.6 Å². The van der Waals surface area contributed by atoms with E-state index in [4.69, 9.17) is 5.41 Å². The van der Waals surface area contributed by atoms with Crippen molar-refractivity contribution in [1.82, 2.24) is 20.4 Å². The first-order valence-electron chi connectivity index (χ1n) is 3.80. The third-order valence-corrected chi connectivity index (χ3v) is 1.81. The van der Waals surface area contributed by atoms with Gasteiger partial charge in [0.05, 0.1) is 13.3 Å². The summed E-state index contributed by atoms with van der Waals surface area (Å²) in [5.41, 5.74) is 0. The van der Waals surface area contributed by atoms with Crippen molar-refractivity contribution in [2.45, 2.75) is 0 Å². The second kappa shape index (κ2) is 2.77. The number of hydrogen-bond donors (Lipinski definition) is 3. The molecule has 2 aliphatic heterocycles. The number of hydrogen-bond acceptors (Lipinski definition) is 3. The van der Waals surface area contributed by atoms with Gasteiger partial charge < -0.3 is 10.6 Å². The summed E-state index contributed by atoms with van der Waals surface area (Å²) in [7, 11) is 0. The van der Waals surface area contributed by atoms with E-state index < -0.39 is 0 Å². The van der Waals surface area contributed by atoms with Crippen LogP contribution >= 0.6 is 0 Å². The van der Waals surface area contributed by atoms with Crippen LogP contribution in [-0.2, 0) is 0 Å². The molecule has 0 aliphatic carbocycles. The van der Waals surface area contributed by atoms with Gasteiger partial charge in [-0.1, -0.05) is 0 Å². The number of rotatable bonds is 0. The Hall–Kier alpha value is -1.65. The predicted molar refractivity (Wildman–Crippen MR) is 45.7 cm³/mol. The van der Waals surface area contributed by atoms with Gasteiger partial charge in [0.15, 0.2) is 0 Å². The van der Waals surface area contributed by atoms with Crippen LogP contribution in [0.2, 0.25) is 0 Å². The molecule has 12 heavy (non-hydrogen) atoms.